The number of hydrogen-bond donors (Lipinski definition) is 0. The molecule has 0 unspecified atom stereocenters. The van der Waals surface area contributed by atoms with Gasteiger partial charge in [0.15, 0.2) is 11.6 Å². The van der Waals surface area contributed by atoms with E-state index in [1.165, 1.54) is 0 Å². The van der Waals surface area contributed by atoms with Crippen LogP contribution in [0.3, 0.4) is 0 Å². The van der Waals surface area contributed by atoms with Crippen molar-refractivity contribution in [3.8, 4) is 0 Å². The number of alkyl halides is 2. The smallest absolute Gasteiger partial charge is 0.350 e. The zero-order valence-corrected chi connectivity index (χ0v) is 24.1. The van der Waals surface area contributed by atoms with Gasteiger partial charge in [0.1, 0.15) is 5.69 Å². The predicted molar refractivity (Wildman–Crippen MR) is 153 cm³/mol. The second-order valence-electron chi connectivity index (χ2n) is 11.7. The van der Waals surface area contributed by atoms with Gasteiger partial charge in [0.2, 0.25) is 0 Å². The second kappa shape index (κ2) is 11.0. The zero-order chi connectivity index (χ0) is 30.4. The highest BCUT2D eigenvalue weighted by molar-refractivity contribution is 5.93. The van der Waals surface area contributed by atoms with Crippen LogP contribution in [0.15, 0.2) is 61.1 Å². The summed E-state index contributed by atoms with van der Waals surface area (Å²) in [6.07, 6.45) is 5.05. The molecule has 13 nitrogen and oxygen atoms in total. The van der Waals surface area contributed by atoms with Gasteiger partial charge in [-0.15, -0.1) is 10.2 Å². The first kappa shape index (κ1) is 28.0. The van der Waals surface area contributed by atoms with Gasteiger partial charge < -0.3 is 19.3 Å². The maximum Gasteiger partial charge on any atom is 0.350 e. The number of carbonyl (C=O) groups is 2. The van der Waals surface area contributed by atoms with E-state index >= 15 is 0 Å². The minimum atomic E-state index is -2.88. The molecule has 3 fully saturated rings. The van der Waals surface area contributed by atoms with E-state index in [9.17, 15) is 18.4 Å². The molecule has 7 rings (SSSR count). The summed E-state index contributed by atoms with van der Waals surface area (Å²) in [5, 5.41) is 11.4. The van der Waals surface area contributed by atoms with Crippen molar-refractivity contribution < 1.29 is 18.4 Å². The number of halogens is 2. The highest BCUT2D eigenvalue weighted by Gasteiger charge is 2.53. The Morgan fingerprint density at radius 1 is 0.886 bits per heavy atom. The summed E-state index contributed by atoms with van der Waals surface area (Å²) in [4.78, 5) is 42.9. The number of carbonyl (C=O) groups excluding carboxylic acids is 2. The van der Waals surface area contributed by atoms with Crippen molar-refractivity contribution >= 4 is 17.5 Å². The number of aromatic nitrogens is 7. The molecule has 1 spiro atoms. The predicted octanol–water partition coefficient (Wildman–Crippen LogP) is 1.71. The van der Waals surface area contributed by atoms with Crippen LogP contribution in [0.1, 0.15) is 45.1 Å². The van der Waals surface area contributed by atoms with Gasteiger partial charge in [-0.3, -0.25) is 19.5 Å². The van der Waals surface area contributed by atoms with Crippen molar-refractivity contribution in [1.29, 1.82) is 0 Å². The van der Waals surface area contributed by atoms with E-state index in [1.807, 2.05) is 54.4 Å². The van der Waals surface area contributed by atoms with Gasteiger partial charge in [-0.25, -0.2) is 4.98 Å². The first-order valence-corrected chi connectivity index (χ1v) is 14.4. The van der Waals surface area contributed by atoms with Crippen LogP contribution >= 0.6 is 0 Å². The number of anilines is 1. The summed E-state index contributed by atoms with van der Waals surface area (Å²) in [6, 6.07) is 12.7. The van der Waals surface area contributed by atoms with Crippen molar-refractivity contribution in [2.24, 2.45) is 12.5 Å². The van der Waals surface area contributed by atoms with Crippen LogP contribution in [0, 0.1) is 5.41 Å². The van der Waals surface area contributed by atoms with E-state index in [2.05, 4.69) is 35.2 Å². The fourth-order valence-corrected chi connectivity index (χ4v) is 6.43. The molecule has 44 heavy (non-hydrogen) atoms. The van der Waals surface area contributed by atoms with Gasteiger partial charge in [0.05, 0.1) is 6.04 Å². The van der Waals surface area contributed by atoms with E-state index in [1.54, 1.807) is 28.1 Å². The Morgan fingerprint density at radius 3 is 2.30 bits per heavy atom. The monoisotopic (exact) mass is 603 g/mol. The SMILES string of the molecule is Cn1ccnc1C(=O)N1CC2(C1)CN(c1ccnc(C(=O)N3CCN([C@H](c4ccccc4)c4nnn(C(F)F)n4)CC3)c1)C2. The summed E-state index contributed by atoms with van der Waals surface area (Å²) < 4.78 is 28.1. The number of piperazine rings is 1. The summed E-state index contributed by atoms with van der Waals surface area (Å²) in [5.41, 5.74) is 2.23. The quantitative estimate of drug-likeness (QED) is 0.311. The first-order valence-electron chi connectivity index (χ1n) is 14.4. The number of benzene rings is 1. The Labute approximate surface area is 251 Å². The molecule has 228 valence electrons. The van der Waals surface area contributed by atoms with E-state index in [4.69, 9.17) is 0 Å². The van der Waals surface area contributed by atoms with Crippen molar-refractivity contribution in [3.05, 3.63) is 84.0 Å². The maximum absolute atomic E-state index is 13.5. The van der Waals surface area contributed by atoms with Gasteiger partial charge in [0.25, 0.3) is 11.8 Å². The minimum absolute atomic E-state index is 0.0516. The Morgan fingerprint density at radius 2 is 1.64 bits per heavy atom. The number of imidazole rings is 1. The van der Waals surface area contributed by atoms with Gasteiger partial charge >= 0.3 is 6.55 Å². The van der Waals surface area contributed by atoms with E-state index in [-0.39, 0.29) is 23.1 Å². The Bertz CT molecular complexity index is 1650. The molecule has 0 saturated carbocycles. The average molecular weight is 604 g/mol. The van der Waals surface area contributed by atoms with Crippen molar-refractivity contribution in [2.45, 2.75) is 12.6 Å². The van der Waals surface area contributed by atoms with Crippen LogP contribution in [0.5, 0.6) is 0 Å². The number of likely N-dealkylation sites (tertiary alicyclic amines) is 1. The molecule has 0 aliphatic carbocycles. The van der Waals surface area contributed by atoms with Crippen LogP contribution in [0.4, 0.5) is 14.5 Å². The highest BCUT2D eigenvalue weighted by Crippen LogP contribution is 2.42. The maximum atomic E-state index is 13.5. The van der Waals surface area contributed by atoms with E-state index in [0.717, 1.165) is 24.3 Å². The first-order chi connectivity index (χ1) is 21.3. The van der Waals surface area contributed by atoms with Crippen LogP contribution in [-0.2, 0) is 7.05 Å². The third kappa shape index (κ3) is 5.06. The molecule has 1 atom stereocenters. The zero-order valence-electron chi connectivity index (χ0n) is 24.1. The third-order valence-electron chi connectivity index (χ3n) is 8.68. The second-order valence-corrected chi connectivity index (χ2v) is 11.7. The topological polar surface area (TPSA) is 121 Å². The van der Waals surface area contributed by atoms with Crippen molar-refractivity contribution in [3.63, 3.8) is 0 Å². The molecule has 15 heteroatoms. The van der Waals surface area contributed by atoms with Gasteiger partial charge in [-0.05, 0) is 22.9 Å². The lowest BCUT2D eigenvalue weighted by Gasteiger charge is -2.60. The molecule has 0 N–H and O–H groups in total. The largest absolute Gasteiger partial charge is 0.370 e. The summed E-state index contributed by atoms with van der Waals surface area (Å²) in [6.45, 7) is 1.97. The van der Waals surface area contributed by atoms with E-state index < -0.39 is 12.6 Å². The summed E-state index contributed by atoms with van der Waals surface area (Å²) in [5.74, 6) is 0.425. The summed E-state index contributed by atoms with van der Waals surface area (Å²) >= 11 is 0. The van der Waals surface area contributed by atoms with Crippen LogP contribution < -0.4 is 4.90 Å². The van der Waals surface area contributed by atoms with E-state index in [0.29, 0.717) is 55.6 Å². The molecular formula is C29H31F2N11O2. The molecule has 2 amide bonds. The molecule has 0 radical (unpaired) electrons. The Hall–Kier alpha value is -4.79. The average Bonchev–Trinajstić information content (AvgIpc) is 3.66. The number of tetrazole rings is 1. The van der Waals surface area contributed by atoms with Gasteiger partial charge in [-0.2, -0.15) is 8.78 Å². The molecule has 3 aliphatic rings. The number of nitrogens with zero attached hydrogens (tertiary/aromatic N) is 11. The number of aryl methyl sites for hydroxylation is 1. The molecule has 6 heterocycles. The fraction of sp³-hybridized carbons (Fsp3) is 0.414. The summed E-state index contributed by atoms with van der Waals surface area (Å²) in [7, 11) is 1.81. The molecule has 3 saturated heterocycles. The number of rotatable bonds is 7. The Kier molecular flexibility index (Phi) is 7.03. The minimum Gasteiger partial charge on any atom is -0.370 e. The van der Waals surface area contributed by atoms with Crippen molar-refractivity contribution in [1.82, 2.24) is 49.4 Å². The van der Waals surface area contributed by atoms with Crippen LogP contribution in [0.2, 0.25) is 0 Å². The number of amides is 2. The van der Waals surface area contributed by atoms with Gasteiger partial charge in [-0.1, -0.05) is 35.1 Å². The molecule has 4 aromatic rings. The lowest BCUT2D eigenvalue weighted by molar-refractivity contribution is -0.0115. The van der Waals surface area contributed by atoms with Gasteiger partial charge in [0, 0.05) is 89.1 Å². The fourth-order valence-electron chi connectivity index (χ4n) is 6.43. The van der Waals surface area contributed by atoms with Crippen LogP contribution in [-0.4, -0.2) is 114 Å². The molecule has 3 aromatic heterocycles. The number of hydrogen-bond acceptors (Lipinski definition) is 9. The molecular weight excluding hydrogens is 572 g/mol. The molecule has 3 aliphatic heterocycles. The standard InChI is InChI=1S/C29H31F2N11O2/c1-37-10-9-33-25(37)27(44)41-18-29(19-41)16-40(17-29)21-7-8-32-22(15-21)26(43)39-13-11-38(12-14-39)23(20-5-3-2-4-6-20)24-34-36-42(35-24)28(30)31/h2-10,15,23,28H,11-14,16-19H2,1H3/t23-/m1/s1. The number of pyridine rings is 1. The van der Waals surface area contributed by atoms with Crippen LogP contribution in [0.25, 0.3) is 0 Å². The lowest BCUT2D eigenvalue weighted by Crippen LogP contribution is -2.73. The molecule has 1 aromatic carbocycles. The third-order valence-corrected chi connectivity index (χ3v) is 8.68. The molecule has 0 bridgehead atoms. The Balaban J connectivity index is 0.968. The lowest BCUT2D eigenvalue weighted by atomic mass is 9.72. The highest BCUT2D eigenvalue weighted by atomic mass is 19.3. The normalized spacial score (nSPS) is 18.8. The van der Waals surface area contributed by atoms with Crippen molar-refractivity contribution in [2.75, 3.05) is 57.3 Å².